The van der Waals surface area contributed by atoms with Crippen LogP contribution in [-0.4, -0.2) is 49.4 Å². The Balaban J connectivity index is 2.43. The summed E-state index contributed by atoms with van der Waals surface area (Å²) in [6.07, 6.45) is 0. The Morgan fingerprint density at radius 1 is 1.37 bits per heavy atom. The zero-order valence-corrected chi connectivity index (χ0v) is 12.9. The SMILES string of the molecule is CN=C(NCC(=O)N(C)C)NCc1nc(C)c(C)s1. The first-order chi connectivity index (χ1) is 8.93. The Bertz CT molecular complexity index is 447. The lowest BCUT2D eigenvalue weighted by Crippen LogP contribution is -2.42. The van der Waals surface area contributed by atoms with Crippen molar-refractivity contribution in [2.24, 2.45) is 4.99 Å². The van der Waals surface area contributed by atoms with E-state index in [0.717, 1.165) is 10.7 Å². The minimum absolute atomic E-state index is 0.00360. The molecule has 1 aromatic heterocycles. The molecule has 0 bridgehead atoms. The first-order valence-corrected chi connectivity index (χ1v) is 6.83. The largest absolute Gasteiger partial charge is 0.350 e. The second-order valence-electron chi connectivity index (χ2n) is 4.32. The summed E-state index contributed by atoms with van der Waals surface area (Å²) >= 11 is 1.66. The molecule has 7 heteroatoms. The number of hydrogen-bond acceptors (Lipinski definition) is 4. The van der Waals surface area contributed by atoms with Crippen molar-refractivity contribution in [2.45, 2.75) is 20.4 Å². The second-order valence-corrected chi connectivity index (χ2v) is 5.60. The van der Waals surface area contributed by atoms with Crippen LogP contribution in [0.5, 0.6) is 0 Å². The Morgan fingerprint density at radius 3 is 2.53 bits per heavy atom. The number of guanidine groups is 1. The van der Waals surface area contributed by atoms with E-state index in [1.807, 2.05) is 6.92 Å². The van der Waals surface area contributed by atoms with Gasteiger partial charge in [-0.25, -0.2) is 4.98 Å². The van der Waals surface area contributed by atoms with Crippen LogP contribution in [0.4, 0.5) is 0 Å². The van der Waals surface area contributed by atoms with Crippen molar-refractivity contribution >= 4 is 23.2 Å². The fourth-order valence-corrected chi connectivity index (χ4v) is 2.19. The van der Waals surface area contributed by atoms with Gasteiger partial charge in [0.2, 0.25) is 5.91 Å². The van der Waals surface area contributed by atoms with Gasteiger partial charge in [-0.2, -0.15) is 0 Å². The number of nitrogens with zero attached hydrogens (tertiary/aromatic N) is 3. The average molecular weight is 283 g/mol. The van der Waals surface area contributed by atoms with Crippen LogP contribution < -0.4 is 10.6 Å². The maximum absolute atomic E-state index is 11.5. The normalized spacial score (nSPS) is 11.3. The number of aromatic nitrogens is 1. The van der Waals surface area contributed by atoms with E-state index >= 15 is 0 Å². The molecule has 0 spiro atoms. The summed E-state index contributed by atoms with van der Waals surface area (Å²) in [6, 6.07) is 0. The first-order valence-electron chi connectivity index (χ1n) is 6.01. The van der Waals surface area contributed by atoms with Gasteiger partial charge in [0.25, 0.3) is 0 Å². The molecule has 106 valence electrons. The molecule has 0 fully saturated rings. The molecule has 1 heterocycles. The number of amides is 1. The molecule has 0 atom stereocenters. The van der Waals surface area contributed by atoms with Crippen LogP contribution in [0.25, 0.3) is 0 Å². The van der Waals surface area contributed by atoms with Gasteiger partial charge < -0.3 is 15.5 Å². The molecule has 1 amide bonds. The molecular weight excluding hydrogens is 262 g/mol. The Morgan fingerprint density at radius 2 is 2.05 bits per heavy atom. The van der Waals surface area contributed by atoms with Crippen molar-refractivity contribution in [1.82, 2.24) is 20.5 Å². The maximum Gasteiger partial charge on any atom is 0.241 e. The molecule has 0 saturated heterocycles. The number of aliphatic imine (C=N–C) groups is 1. The van der Waals surface area contributed by atoms with Crippen LogP contribution in [0.3, 0.4) is 0 Å². The second kappa shape index (κ2) is 7.08. The van der Waals surface area contributed by atoms with Crippen molar-refractivity contribution in [3.05, 3.63) is 15.6 Å². The number of rotatable bonds is 4. The van der Waals surface area contributed by atoms with Crippen molar-refractivity contribution < 1.29 is 4.79 Å². The van der Waals surface area contributed by atoms with Gasteiger partial charge in [0.15, 0.2) is 5.96 Å². The summed E-state index contributed by atoms with van der Waals surface area (Å²) in [5.74, 6) is 0.601. The van der Waals surface area contributed by atoms with E-state index in [4.69, 9.17) is 0 Å². The quantitative estimate of drug-likeness (QED) is 0.624. The van der Waals surface area contributed by atoms with Crippen LogP contribution in [0, 0.1) is 13.8 Å². The fourth-order valence-electron chi connectivity index (χ4n) is 1.31. The monoisotopic (exact) mass is 283 g/mol. The van der Waals surface area contributed by atoms with Gasteiger partial charge in [-0.05, 0) is 13.8 Å². The van der Waals surface area contributed by atoms with E-state index in [2.05, 4.69) is 27.5 Å². The number of carbonyl (C=O) groups is 1. The summed E-state index contributed by atoms with van der Waals surface area (Å²) in [7, 11) is 5.12. The third kappa shape index (κ3) is 4.86. The van der Waals surface area contributed by atoms with E-state index < -0.39 is 0 Å². The maximum atomic E-state index is 11.5. The van der Waals surface area contributed by atoms with Crippen LogP contribution in [0.1, 0.15) is 15.6 Å². The van der Waals surface area contributed by atoms with E-state index in [-0.39, 0.29) is 12.5 Å². The standard InChI is InChI=1S/C12H21N5OS/c1-8-9(2)19-10(16-8)6-14-12(13-3)15-7-11(18)17(4)5/h6-7H2,1-5H3,(H2,13,14,15). The number of likely N-dealkylation sites (N-methyl/N-ethyl adjacent to an activating group) is 1. The summed E-state index contributed by atoms with van der Waals surface area (Å²) < 4.78 is 0. The van der Waals surface area contributed by atoms with Gasteiger partial charge in [0.05, 0.1) is 18.8 Å². The molecule has 6 nitrogen and oxygen atoms in total. The van der Waals surface area contributed by atoms with Gasteiger partial charge in [0.1, 0.15) is 5.01 Å². The highest BCUT2D eigenvalue weighted by Gasteiger charge is 2.07. The molecule has 0 aliphatic rings. The minimum Gasteiger partial charge on any atom is -0.350 e. The summed E-state index contributed by atoms with van der Waals surface area (Å²) in [5, 5.41) is 7.11. The van der Waals surface area contributed by atoms with E-state index in [1.54, 1.807) is 32.5 Å². The summed E-state index contributed by atoms with van der Waals surface area (Å²) in [5.41, 5.74) is 1.06. The molecule has 0 aliphatic carbocycles. The minimum atomic E-state index is 0.00360. The van der Waals surface area contributed by atoms with E-state index in [9.17, 15) is 4.79 Å². The Kier molecular flexibility index (Phi) is 5.75. The number of nitrogens with one attached hydrogen (secondary N) is 2. The summed E-state index contributed by atoms with van der Waals surface area (Å²) in [4.78, 5) is 22.7. The molecule has 0 saturated carbocycles. The number of aryl methyl sites for hydroxylation is 2. The predicted molar refractivity (Wildman–Crippen MR) is 78.5 cm³/mol. The molecule has 1 aromatic rings. The Labute approximate surface area is 117 Å². The van der Waals surface area contributed by atoms with Gasteiger partial charge in [-0.1, -0.05) is 0 Å². The lowest BCUT2D eigenvalue weighted by molar-refractivity contribution is -0.127. The zero-order valence-electron chi connectivity index (χ0n) is 12.1. The van der Waals surface area contributed by atoms with Gasteiger partial charge in [-0.3, -0.25) is 9.79 Å². The highest BCUT2D eigenvalue weighted by Crippen LogP contribution is 2.15. The van der Waals surface area contributed by atoms with Gasteiger partial charge in [-0.15, -0.1) is 11.3 Å². The number of hydrogen-bond donors (Lipinski definition) is 2. The van der Waals surface area contributed by atoms with Crippen molar-refractivity contribution in [2.75, 3.05) is 27.7 Å². The van der Waals surface area contributed by atoms with Gasteiger partial charge >= 0.3 is 0 Å². The highest BCUT2D eigenvalue weighted by molar-refractivity contribution is 7.11. The predicted octanol–water partition coefficient (Wildman–Crippen LogP) is 0.513. The molecule has 2 N–H and O–H groups in total. The smallest absolute Gasteiger partial charge is 0.241 e. The molecule has 19 heavy (non-hydrogen) atoms. The van der Waals surface area contributed by atoms with E-state index in [0.29, 0.717) is 12.5 Å². The lowest BCUT2D eigenvalue weighted by Gasteiger charge is -2.13. The first kappa shape index (κ1) is 15.4. The third-order valence-corrected chi connectivity index (χ3v) is 3.68. The molecule has 0 radical (unpaired) electrons. The average Bonchev–Trinajstić information content (AvgIpc) is 2.68. The molecule has 0 unspecified atom stereocenters. The fraction of sp³-hybridized carbons (Fsp3) is 0.583. The molecule has 0 aromatic carbocycles. The third-order valence-electron chi connectivity index (χ3n) is 2.61. The van der Waals surface area contributed by atoms with Crippen LogP contribution >= 0.6 is 11.3 Å². The molecule has 0 aliphatic heterocycles. The highest BCUT2D eigenvalue weighted by atomic mass is 32.1. The van der Waals surface area contributed by atoms with Crippen LogP contribution in [0.2, 0.25) is 0 Å². The topological polar surface area (TPSA) is 69.6 Å². The molecular formula is C12H21N5OS. The number of thiazole rings is 1. The zero-order chi connectivity index (χ0) is 14.4. The number of carbonyl (C=O) groups excluding carboxylic acids is 1. The Hall–Kier alpha value is -1.63. The van der Waals surface area contributed by atoms with Crippen molar-refractivity contribution in [3.63, 3.8) is 0 Å². The van der Waals surface area contributed by atoms with Gasteiger partial charge in [0, 0.05) is 26.0 Å². The van der Waals surface area contributed by atoms with Crippen molar-refractivity contribution in [3.8, 4) is 0 Å². The van der Waals surface area contributed by atoms with E-state index in [1.165, 1.54) is 9.78 Å². The molecule has 1 rings (SSSR count). The van der Waals surface area contributed by atoms with Crippen LogP contribution in [0.15, 0.2) is 4.99 Å². The lowest BCUT2D eigenvalue weighted by atomic mass is 10.4. The summed E-state index contributed by atoms with van der Waals surface area (Å²) in [6.45, 7) is 4.88. The van der Waals surface area contributed by atoms with Crippen molar-refractivity contribution in [1.29, 1.82) is 0 Å². The van der Waals surface area contributed by atoms with Crippen LogP contribution in [-0.2, 0) is 11.3 Å².